The van der Waals surface area contributed by atoms with Crippen molar-refractivity contribution in [3.8, 4) is 0 Å². The van der Waals surface area contributed by atoms with E-state index in [-0.39, 0.29) is 27.9 Å². The number of allylic oxidation sites excluding steroid dienone is 2. The minimum atomic E-state index is -1.46. The van der Waals surface area contributed by atoms with Crippen LogP contribution in [0, 0.1) is 45.3 Å². The van der Waals surface area contributed by atoms with Gasteiger partial charge in [0.25, 0.3) is 0 Å². The first-order chi connectivity index (χ1) is 21.0. The molecular weight excluding hydrogens is 572 g/mol. The van der Waals surface area contributed by atoms with Crippen molar-refractivity contribution in [3.05, 3.63) is 24.3 Å². The minimum absolute atomic E-state index is 0.0922. The molecule has 0 aromatic heterocycles. The van der Waals surface area contributed by atoms with E-state index in [2.05, 4.69) is 72.8 Å². The monoisotopic (exact) mass is 632 g/mol. The maximum absolute atomic E-state index is 10.7. The average molecular weight is 633 g/mol. The lowest BCUT2D eigenvalue weighted by molar-refractivity contribution is -0.329. The van der Waals surface area contributed by atoms with E-state index in [9.17, 15) is 20.4 Å². The maximum atomic E-state index is 10.7. The van der Waals surface area contributed by atoms with E-state index in [1.807, 2.05) is 0 Å². The number of hydrogen-bond acceptors (Lipinski definition) is 8. The van der Waals surface area contributed by atoms with Gasteiger partial charge in [-0.25, -0.2) is 0 Å². The SMILES string of the molecule is COC(C)(C)/C=C/C[C@@H](C)[C@H]1CC[C@@]2(C)[C@H]3C=C[C@@]45OC[C@]3(CC[C@]12C)[C@H]4CC[C@H](O[C@@H]1O[C@H](CO)[C@@H](O)[C@@H](O)[C@H]1O)C5(C)C. The molecule has 0 amide bonds. The average Bonchev–Trinajstić information content (AvgIpc) is 3.39. The van der Waals surface area contributed by atoms with Gasteiger partial charge in [0.2, 0.25) is 0 Å². The van der Waals surface area contributed by atoms with Crippen LogP contribution in [0.5, 0.6) is 0 Å². The van der Waals surface area contributed by atoms with Crippen molar-refractivity contribution in [2.45, 2.75) is 141 Å². The minimum Gasteiger partial charge on any atom is -0.394 e. The zero-order chi connectivity index (χ0) is 32.8. The van der Waals surface area contributed by atoms with E-state index >= 15 is 0 Å². The van der Waals surface area contributed by atoms with Gasteiger partial charge in [0, 0.05) is 23.9 Å². The number of aliphatic hydroxyl groups excluding tert-OH is 4. The van der Waals surface area contributed by atoms with Crippen LogP contribution in [0.4, 0.5) is 0 Å². The summed E-state index contributed by atoms with van der Waals surface area (Å²) in [4.78, 5) is 0. The third-order valence-corrected chi connectivity index (χ3v) is 14.8. The second-order valence-corrected chi connectivity index (χ2v) is 17.2. The Hall–Kier alpha value is -0.840. The Labute approximate surface area is 270 Å². The molecule has 45 heavy (non-hydrogen) atoms. The fourth-order valence-corrected chi connectivity index (χ4v) is 11.6. The van der Waals surface area contributed by atoms with Crippen molar-refractivity contribution in [1.82, 2.24) is 0 Å². The van der Waals surface area contributed by atoms with Gasteiger partial charge in [-0.2, -0.15) is 0 Å². The van der Waals surface area contributed by atoms with E-state index in [1.165, 1.54) is 25.7 Å². The number of ether oxygens (including phenoxy) is 4. The molecule has 8 heteroatoms. The third-order valence-electron chi connectivity index (χ3n) is 14.8. The van der Waals surface area contributed by atoms with E-state index in [1.54, 1.807) is 7.11 Å². The lowest BCUT2D eigenvalue weighted by atomic mass is 9.38. The quantitative estimate of drug-likeness (QED) is 0.283. The Morgan fingerprint density at radius 1 is 0.978 bits per heavy atom. The van der Waals surface area contributed by atoms with E-state index in [4.69, 9.17) is 18.9 Å². The van der Waals surface area contributed by atoms with Gasteiger partial charge in [-0.15, -0.1) is 0 Å². The van der Waals surface area contributed by atoms with Gasteiger partial charge >= 0.3 is 0 Å². The molecule has 14 atom stereocenters. The number of hydrogen-bond donors (Lipinski definition) is 4. The molecule has 2 bridgehead atoms. The number of fused-ring (bicyclic) bond motifs is 2. The molecule has 0 aromatic rings. The lowest BCUT2D eigenvalue weighted by Gasteiger charge is -2.65. The van der Waals surface area contributed by atoms with Gasteiger partial charge in [0.1, 0.15) is 24.4 Å². The van der Waals surface area contributed by atoms with Crippen LogP contribution in [0.25, 0.3) is 0 Å². The second-order valence-electron chi connectivity index (χ2n) is 17.2. The smallest absolute Gasteiger partial charge is 0.186 e. The summed E-state index contributed by atoms with van der Waals surface area (Å²) in [6.45, 7) is 16.6. The molecule has 4 N–H and O–H groups in total. The standard InChI is InChI=1S/C37H60O8/c1-22(10-9-15-32(2,3)42-8)23-13-16-35(7)25-14-17-37-26(36(25,21-43-37)19-18-34(23,35)6)11-12-27(33(37,4)5)45-31-30(41)29(40)28(39)24(20-38)44-31/h9,14-15,17,22-31,38-41H,10-13,16,18-21H2,1-8H3/b15-9+/t22-,23-,24-,25-,26-,27+,28-,29-,30-,31+,34-,35+,36+,37-/m1/s1. The molecule has 2 aliphatic heterocycles. The summed E-state index contributed by atoms with van der Waals surface area (Å²) in [6, 6.07) is 0. The summed E-state index contributed by atoms with van der Waals surface area (Å²) >= 11 is 0. The van der Waals surface area contributed by atoms with Crippen LogP contribution in [-0.2, 0) is 18.9 Å². The molecule has 2 saturated heterocycles. The maximum Gasteiger partial charge on any atom is 0.186 e. The van der Waals surface area contributed by atoms with Gasteiger partial charge in [-0.1, -0.05) is 58.9 Å². The van der Waals surface area contributed by atoms with Crippen LogP contribution in [0.15, 0.2) is 24.3 Å². The zero-order valence-corrected chi connectivity index (χ0v) is 28.9. The van der Waals surface area contributed by atoms with E-state index in [0.29, 0.717) is 23.7 Å². The topological polar surface area (TPSA) is 118 Å². The van der Waals surface area contributed by atoms with Crippen LogP contribution in [0.1, 0.15) is 93.4 Å². The van der Waals surface area contributed by atoms with Crippen molar-refractivity contribution in [1.29, 1.82) is 0 Å². The Morgan fingerprint density at radius 3 is 2.40 bits per heavy atom. The molecule has 8 nitrogen and oxygen atoms in total. The Morgan fingerprint density at radius 2 is 1.71 bits per heavy atom. The normalized spacial score (nSPS) is 51.2. The van der Waals surface area contributed by atoms with Crippen LogP contribution in [-0.4, -0.2) is 88.8 Å². The highest BCUT2D eigenvalue weighted by Crippen LogP contribution is 2.77. The van der Waals surface area contributed by atoms with Gasteiger partial charge in [-0.3, -0.25) is 0 Å². The molecule has 1 spiro atoms. The third kappa shape index (κ3) is 4.74. The number of aliphatic hydroxyl groups is 4. The molecule has 6 aliphatic rings. The second kappa shape index (κ2) is 11.4. The fraction of sp³-hybridized carbons (Fsp3) is 0.892. The Kier molecular flexibility index (Phi) is 8.60. The molecule has 0 aromatic carbocycles. The van der Waals surface area contributed by atoms with Crippen molar-refractivity contribution in [2.75, 3.05) is 20.3 Å². The molecule has 2 heterocycles. The summed E-state index contributed by atoms with van der Waals surface area (Å²) in [7, 11) is 1.77. The molecule has 0 radical (unpaired) electrons. The fourth-order valence-electron chi connectivity index (χ4n) is 11.6. The summed E-state index contributed by atoms with van der Waals surface area (Å²) in [5, 5.41) is 41.1. The molecular formula is C37H60O8. The highest BCUT2D eigenvalue weighted by atomic mass is 16.7. The zero-order valence-electron chi connectivity index (χ0n) is 28.9. The van der Waals surface area contributed by atoms with Crippen molar-refractivity contribution in [2.24, 2.45) is 45.3 Å². The lowest BCUT2D eigenvalue weighted by Crippen LogP contribution is -2.66. The summed E-state index contributed by atoms with van der Waals surface area (Å²) in [5.41, 5.74) is -0.609. The first-order valence-electron chi connectivity index (χ1n) is 17.6. The van der Waals surface area contributed by atoms with Crippen LogP contribution >= 0.6 is 0 Å². The highest BCUT2D eigenvalue weighted by Gasteiger charge is 2.75. The largest absolute Gasteiger partial charge is 0.394 e. The molecule has 0 unspecified atom stereocenters. The van der Waals surface area contributed by atoms with E-state index < -0.39 is 48.3 Å². The van der Waals surface area contributed by atoms with Gasteiger partial charge in [-0.05, 0) is 87.4 Å². The number of methoxy groups -OCH3 is 1. The van der Waals surface area contributed by atoms with Gasteiger partial charge in [0.05, 0.1) is 30.5 Å². The molecule has 256 valence electrons. The van der Waals surface area contributed by atoms with Gasteiger partial charge in [0.15, 0.2) is 6.29 Å². The molecule has 4 aliphatic carbocycles. The molecule has 6 rings (SSSR count). The molecule has 5 fully saturated rings. The van der Waals surface area contributed by atoms with Crippen LogP contribution < -0.4 is 0 Å². The van der Waals surface area contributed by atoms with Gasteiger partial charge < -0.3 is 39.4 Å². The van der Waals surface area contributed by atoms with Crippen molar-refractivity contribution < 1.29 is 39.4 Å². The Balaban J connectivity index is 1.24. The molecule has 3 saturated carbocycles. The number of rotatable bonds is 8. The summed E-state index contributed by atoms with van der Waals surface area (Å²) in [5.74, 6) is 2.12. The first-order valence-corrected chi connectivity index (χ1v) is 17.6. The van der Waals surface area contributed by atoms with Crippen molar-refractivity contribution in [3.63, 3.8) is 0 Å². The highest BCUT2D eigenvalue weighted by molar-refractivity contribution is 5.33. The summed E-state index contributed by atoms with van der Waals surface area (Å²) in [6.07, 6.45) is 10.5. The first kappa shape index (κ1) is 34.0. The summed E-state index contributed by atoms with van der Waals surface area (Å²) < 4.78 is 24.9. The predicted octanol–water partition coefficient (Wildman–Crippen LogP) is 4.77. The Bertz CT molecular complexity index is 1170. The predicted molar refractivity (Wildman–Crippen MR) is 171 cm³/mol. The van der Waals surface area contributed by atoms with E-state index in [0.717, 1.165) is 25.9 Å². The van der Waals surface area contributed by atoms with Crippen molar-refractivity contribution >= 4 is 0 Å². The van der Waals surface area contributed by atoms with Crippen LogP contribution in [0.2, 0.25) is 0 Å². The van der Waals surface area contributed by atoms with Crippen LogP contribution in [0.3, 0.4) is 0 Å².